The number of hydrogen-bond acceptors (Lipinski definition) is 4. The molecule has 0 saturated heterocycles. The van der Waals surface area contributed by atoms with E-state index < -0.39 is 21.9 Å². The van der Waals surface area contributed by atoms with Crippen LogP contribution in [0.2, 0.25) is 0 Å². The number of benzene rings is 1. The fraction of sp³-hybridized carbons (Fsp3) is 0.125. The molecule has 0 aliphatic heterocycles. The Balaban J connectivity index is 3.13. The molecule has 0 fully saturated rings. The molecule has 0 aliphatic rings. The highest BCUT2D eigenvalue weighted by atomic mass is 32.2. The summed E-state index contributed by atoms with van der Waals surface area (Å²) in [5, 5.41) is 2.08. The lowest BCUT2D eigenvalue weighted by atomic mass is 10.3. The molecule has 4 N–H and O–H groups in total. The van der Waals surface area contributed by atoms with E-state index in [0.29, 0.717) is 0 Å². The molecular weight excluding hydrogens is 237 g/mol. The number of halogens is 1. The van der Waals surface area contributed by atoms with Crippen LogP contribution < -0.4 is 15.8 Å². The average Bonchev–Trinajstić information content (AvgIpc) is 2.16. The molecule has 0 aliphatic carbocycles. The van der Waals surface area contributed by atoms with Crippen molar-refractivity contribution in [3.63, 3.8) is 0 Å². The normalized spacial score (nSPS) is 10.9. The van der Waals surface area contributed by atoms with Gasteiger partial charge in [-0.2, -0.15) is 0 Å². The van der Waals surface area contributed by atoms with E-state index in [4.69, 9.17) is 5.73 Å². The lowest BCUT2D eigenvalue weighted by molar-refractivity contribution is 0.248. The van der Waals surface area contributed by atoms with Crippen molar-refractivity contribution < 1.29 is 17.6 Å². The first kappa shape index (κ1) is 12.2. The smallest absolute Gasteiger partial charge is 0.328 e. The van der Waals surface area contributed by atoms with Gasteiger partial charge in [-0.15, -0.1) is 0 Å². The van der Waals surface area contributed by atoms with Crippen molar-refractivity contribution in [1.82, 2.24) is 10.0 Å². The molecule has 8 heteroatoms. The molecule has 0 aromatic heterocycles. The van der Waals surface area contributed by atoms with Crippen LogP contribution in [0.4, 0.5) is 14.9 Å². The summed E-state index contributed by atoms with van der Waals surface area (Å²) in [5.41, 5.74) is 5.07. The van der Waals surface area contributed by atoms with Crippen LogP contribution in [0.1, 0.15) is 0 Å². The molecule has 88 valence electrons. The van der Waals surface area contributed by atoms with E-state index in [1.807, 2.05) is 0 Å². The Kier molecular flexibility index (Phi) is 3.33. The second-order valence-electron chi connectivity index (χ2n) is 2.87. The van der Waals surface area contributed by atoms with Gasteiger partial charge < -0.3 is 11.1 Å². The fourth-order valence-electron chi connectivity index (χ4n) is 0.992. The number of nitrogens with one attached hydrogen (secondary N) is 2. The van der Waals surface area contributed by atoms with Crippen molar-refractivity contribution in [3.8, 4) is 0 Å². The molecule has 0 atom stereocenters. The molecule has 0 saturated carbocycles. The number of rotatable bonds is 2. The van der Waals surface area contributed by atoms with Gasteiger partial charge in [0, 0.05) is 7.05 Å². The molecule has 0 radical (unpaired) electrons. The Morgan fingerprint density at radius 1 is 1.44 bits per heavy atom. The number of carbonyl (C=O) groups excluding carboxylic acids is 1. The molecule has 16 heavy (non-hydrogen) atoms. The summed E-state index contributed by atoms with van der Waals surface area (Å²) in [7, 11) is -2.81. The van der Waals surface area contributed by atoms with E-state index in [2.05, 4.69) is 5.32 Å². The Morgan fingerprint density at radius 3 is 2.56 bits per heavy atom. The van der Waals surface area contributed by atoms with Gasteiger partial charge in [-0.1, -0.05) is 0 Å². The van der Waals surface area contributed by atoms with Crippen LogP contribution in [-0.4, -0.2) is 21.5 Å². The molecular formula is C8H10FN3O3S. The van der Waals surface area contributed by atoms with Gasteiger partial charge in [0.05, 0.1) is 5.69 Å². The summed E-state index contributed by atoms with van der Waals surface area (Å²) in [6, 6.07) is 1.88. The Morgan fingerprint density at radius 2 is 2.06 bits per heavy atom. The van der Waals surface area contributed by atoms with Gasteiger partial charge >= 0.3 is 6.03 Å². The van der Waals surface area contributed by atoms with Gasteiger partial charge in [0.1, 0.15) is 10.7 Å². The van der Waals surface area contributed by atoms with Crippen molar-refractivity contribution in [2.24, 2.45) is 0 Å². The zero-order valence-electron chi connectivity index (χ0n) is 8.32. The second kappa shape index (κ2) is 4.35. The lowest BCUT2D eigenvalue weighted by Crippen LogP contribution is -2.37. The first-order valence-corrected chi connectivity index (χ1v) is 5.64. The summed E-state index contributed by atoms with van der Waals surface area (Å²) in [6.45, 7) is 0. The predicted molar refractivity (Wildman–Crippen MR) is 55.6 cm³/mol. The quantitative estimate of drug-likeness (QED) is 0.641. The third-order valence-corrected chi connectivity index (χ3v) is 3.12. The highest BCUT2D eigenvalue weighted by Gasteiger charge is 2.19. The molecule has 2 amide bonds. The van der Waals surface area contributed by atoms with E-state index in [-0.39, 0.29) is 10.6 Å². The summed E-state index contributed by atoms with van der Waals surface area (Å²) in [6.07, 6.45) is 0. The maximum Gasteiger partial charge on any atom is 0.328 e. The third kappa shape index (κ3) is 2.60. The van der Waals surface area contributed by atoms with Gasteiger partial charge in [0.15, 0.2) is 0 Å². The molecule has 0 bridgehead atoms. The summed E-state index contributed by atoms with van der Waals surface area (Å²) in [5.74, 6) is -0.656. The van der Waals surface area contributed by atoms with Gasteiger partial charge in [-0.3, -0.25) is 0 Å². The minimum atomic E-state index is -4.07. The molecule has 1 aromatic carbocycles. The monoisotopic (exact) mass is 247 g/mol. The molecule has 6 nitrogen and oxygen atoms in total. The van der Waals surface area contributed by atoms with Crippen LogP contribution in [0, 0.1) is 5.82 Å². The van der Waals surface area contributed by atoms with Crippen LogP contribution in [-0.2, 0) is 10.0 Å². The fourth-order valence-corrected chi connectivity index (χ4v) is 2.06. The van der Waals surface area contributed by atoms with Crippen molar-refractivity contribution in [2.45, 2.75) is 4.90 Å². The number of nitrogen functional groups attached to an aromatic ring is 1. The van der Waals surface area contributed by atoms with Crippen molar-refractivity contribution >= 4 is 21.7 Å². The molecule has 0 spiro atoms. The SMILES string of the molecule is CNC(=O)NS(=O)(=O)c1ccc(F)cc1N. The van der Waals surface area contributed by atoms with E-state index in [9.17, 15) is 17.6 Å². The standard InChI is InChI=1S/C8H10FN3O3S/c1-11-8(13)12-16(14,15)7-3-2-5(9)4-6(7)10/h2-4H,10H2,1H3,(H2,11,12,13). The largest absolute Gasteiger partial charge is 0.398 e. The molecule has 0 unspecified atom stereocenters. The number of hydrogen-bond donors (Lipinski definition) is 3. The highest BCUT2D eigenvalue weighted by molar-refractivity contribution is 7.90. The van der Waals surface area contributed by atoms with E-state index >= 15 is 0 Å². The minimum absolute atomic E-state index is 0.267. The Labute approximate surface area is 91.7 Å². The second-order valence-corrected chi connectivity index (χ2v) is 4.52. The minimum Gasteiger partial charge on any atom is -0.398 e. The third-order valence-electron chi connectivity index (χ3n) is 1.72. The maximum absolute atomic E-state index is 12.7. The summed E-state index contributed by atoms with van der Waals surface area (Å²) < 4.78 is 37.5. The van der Waals surface area contributed by atoms with Gasteiger partial charge in [-0.05, 0) is 18.2 Å². The van der Waals surface area contributed by atoms with E-state index in [1.54, 1.807) is 4.72 Å². The Hall–Kier alpha value is -1.83. The number of amides is 2. The van der Waals surface area contributed by atoms with Crippen LogP contribution in [0.25, 0.3) is 0 Å². The van der Waals surface area contributed by atoms with Crippen molar-refractivity contribution in [1.29, 1.82) is 0 Å². The zero-order valence-corrected chi connectivity index (χ0v) is 9.14. The number of urea groups is 1. The average molecular weight is 247 g/mol. The zero-order chi connectivity index (χ0) is 12.3. The summed E-state index contributed by atoms with van der Waals surface area (Å²) >= 11 is 0. The molecule has 1 aromatic rings. The number of anilines is 1. The number of sulfonamides is 1. The first-order valence-electron chi connectivity index (χ1n) is 4.16. The van der Waals surface area contributed by atoms with Gasteiger partial charge in [0.2, 0.25) is 0 Å². The topological polar surface area (TPSA) is 101 Å². The van der Waals surface area contributed by atoms with Gasteiger partial charge in [0.25, 0.3) is 10.0 Å². The number of carbonyl (C=O) groups is 1. The summed E-state index contributed by atoms with van der Waals surface area (Å²) in [4.78, 5) is 10.5. The highest BCUT2D eigenvalue weighted by Crippen LogP contribution is 2.18. The first-order chi connectivity index (χ1) is 7.36. The maximum atomic E-state index is 12.7. The van der Waals surface area contributed by atoms with E-state index in [0.717, 1.165) is 18.2 Å². The van der Waals surface area contributed by atoms with Crippen LogP contribution in [0.3, 0.4) is 0 Å². The Bertz CT molecular complexity index is 515. The molecule has 0 heterocycles. The predicted octanol–water partition coefficient (Wildman–Crippen LogP) is 0.0256. The van der Waals surface area contributed by atoms with E-state index in [1.165, 1.54) is 7.05 Å². The van der Waals surface area contributed by atoms with Crippen LogP contribution in [0.15, 0.2) is 23.1 Å². The van der Waals surface area contributed by atoms with Crippen molar-refractivity contribution in [3.05, 3.63) is 24.0 Å². The van der Waals surface area contributed by atoms with Gasteiger partial charge in [-0.25, -0.2) is 22.3 Å². The van der Waals surface area contributed by atoms with Crippen molar-refractivity contribution in [2.75, 3.05) is 12.8 Å². The van der Waals surface area contributed by atoms with Crippen LogP contribution >= 0.6 is 0 Å². The van der Waals surface area contributed by atoms with Crippen LogP contribution in [0.5, 0.6) is 0 Å². The number of nitrogens with two attached hydrogens (primary N) is 1. The lowest BCUT2D eigenvalue weighted by Gasteiger charge is -2.08. The molecule has 1 rings (SSSR count).